The van der Waals surface area contributed by atoms with Gasteiger partial charge in [0.05, 0.1) is 10.6 Å². The number of phenols is 1. The summed E-state index contributed by atoms with van der Waals surface area (Å²) in [5.74, 6) is 0.895. The zero-order chi connectivity index (χ0) is 17.4. The van der Waals surface area contributed by atoms with Crippen molar-refractivity contribution < 1.29 is 10.2 Å². The van der Waals surface area contributed by atoms with Crippen molar-refractivity contribution in [2.75, 3.05) is 13.1 Å². The summed E-state index contributed by atoms with van der Waals surface area (Å²) in [4.78, 5) is 2.37. The monoisotopic (exact) mass is 357 g/mol. The van der Waals surface area contributed by atoms with Crippen LogP contribution in [0.2, 0.25) is 5.02 Å². The first-order valence-corrected chi connectivity index (χ1v) is 9.42. The molecule has 1 saturated carbocycles. The van der Waals surface area contributed by atoms with Crippen LogP contribution in [-0.2, 0) is 12.1 Å². The van der Waals surface area contributed by atoms with Gasteiger partial charge in [0.25, 0.3) is 0 Å². The van der Waals surface area contributed by atoms with Crippen molar-refractivity contribution in [3.8, 4) is 5.75 Å². The van der Waals surface area contributed by atoms with Crippen molar-refractivity contribution in [2.45, 2.75) is 31.4 Å². The predicted octanol–water partition coefficient (Wildman–Crippen LogP) is 4.17. The summed E-state index contributed by atoms with van der Waals surface area (Å²) in [7, 11) is 0. The lowest BCUT2D eigenvalue weighted by atomic mass is 9.67. The molecule has 1 aliphatic carbocycles. The lowest BCUT2D eigenvalue weighted by Gasteiger charge is -2.41. The Hall–Kier alpha value is -1.55. The molecule has 0 spiro atoms. The highest BCUT2D eigenvalue weighted by atomic mass is 35.5. The van der Waals surface area contributed by atoms with E-state index in [0.29, 0.717) is 17.5 Å². The number of aliphatic hydroxyl groups is 1. The minimum atomic E-state index is -0.735. The zero-order valence-corrected chi connectivity index (χ0v) is 15.0. The first kappa shape index (κ1) is 16.9. The topological polar surface area (TPSA) is 43.7 Å². The fourth-order valence-electron chi connectivity index (χ4n) is 4.76. The van der Waals surface area contributed by atoms with E-state index in [0.717, 1.165) is 37.1 Å². The molecule has 1 heterocycles. The fourth-order valence-corrected chi connectivity index (χ4v) is 4.94. The van der Waals surface area contributed by atoms with E-state index in [1.165, 1.54) is 6.42 Å². The Bertz CT molecular complexity index is 751. The number of fused-ring (bicyclic) bond motifs is 1. The highest BCUT2D eigenvalue weighted by Gasteiger charge is 2.49. The van der Waals surface area contributed by atoms with Crippen LogP contribution in [0.15, 0.2) is 48.5 Å². The second-order valence-corrected chi connectivity index (χ2v) is 7.87. The van der Waals surface area contributed by atoms with Gasteiger partial charge in [-0.1, -0.05) is 54.1 Å². The van der Waals surface area contributed by atoms with Crippen LogP contribution in [-0.4, -0.2) is 28.2 Å². The third-order valence-corrected chi connectivity index (χ3v) is 6.43. The normalized spacial score (nSPS) is 29.5. The lowest BCUT2D eigenvalue weighted by molar-refractivity contribution is -0.0648. The minimum absolute atomic E-state index is 0.136. The number of likely N-dealkylation sites (tertiary alicyclic amines) is 1. The van der Waals surface area contributed by atoms with Crippen molar-refractivity contribution in [3.05, 3.63) is 64.7 Å². The van der Waals surface area contributed by atoms with E-state index >= 15 is 0 Å². The number of benzene rings is 2. The number of phenolic OH excluding ortho intramolecular Hbond substituents is 1. The van der Waals surface area contributed by atoms with Crippen LogP contribution >= 0.6 is 11.6 Å². The lowest BCUT2D eigenvalue weighted by Crippen LogP contribution is -2.42. The second kappa shape index (κ2) is 6.64. The molecule has 0 amide bonds. The fraction of sp³-hybridized carbons (Fsp3) is 0.429. The summed E-state index contributed by atoms with van der Waals surface area (Å²) in [6.07, 6.45) is 3.07. The highest BCUT2D eigenvalue weighted by Crippen LogP contribution is 2.48. The molecule has 0 radical (unpaired) electrons. The van der Waals surface area contributed by atoms with Gasteiger partial charge in [-0.15, -0.1) is 0 Å². The quantitative estimate of drug-likeness (QED) is 0.866. The third kappa shape index (κ3) is 3.05. The molecule has 3 nitrogen and oxygen atoms in total. The van der Waals surface area contributed by atoms with Gasteiger partial charge < -0.3 is 10.2 Å². The molecular weight excluding hydrogens is 334 g/mol. The molecule has 2 aromatic rings. The molecule has 132 valence electrons. The summed E-state index contributed by atoms with van der Waals surface area (Å²) in [5, 5.41) is 21.8. The molecule has 0 bridgehead atoms. The van der Waals surface area contributed by atoms with Crippen LogP contribution in [0.1, 0.15) is 30.4 Å². The molecule has 25 heavy (non-hydrogen) atoms. The predicted molar refractivity (Wildman–Crippen MR) is 99.6 cm³/mol. The van der Waals surface area contributed by atoms with Crippen LogP contribution in [0.4, 0.5) is 0 Å². The van der Waals surface area contributed by atoms with Gasteiger partial charge in [-0.05, 0) is 42.4 Å². The number of nitrogens with zero attached hydrogens (tertiary/aromatic N) is 1. The molecule has 2 fully saturated rings. The zero-order valence-electron chi connectivity index (χ0n) is 14.2. The van der Waals surface area contributed by atoms with Crippen LogP contribution in [0.3, 0.4) is 0 Å². The molecule has 0 aromatic heterocycles. The summed E-state index contributed by atoms with van der Waals surface area (Å²) in [6.45, 7) is 2.55. The Morgan fingerprint density at radius 2 is 1.88 bits per heavy atom. The van der Waals surface area contributed by atoms with Gasteiger partial charge >= 0.3 is 0 Å². The maximum absolute atomic E-state index is 11.5. The molecule has 1 saturated heterocycles. The molecular formula is C21H24ClNO2. The Morgan fingerprint density at radius 1 is 1.08 bits per heavy atom. The largest absolute Gasteiger partial charge is 0.506 e. The van der Waals surface area contributed by atoms with E-state index in [1.54, 1.807) is 6.07 Å². The first-order valence-electron chi connectivity index (χ1n) is 9.04. The van der Waals surface area contributed by atoms with Crippen molar-refractivity contribution in [2.24, 2.45) is 11.8 Å². The number of halogens is 1. The van der Waals surface area contributed by atoms with E-state index in [1.807, 2.05) is 30.3 Å². The van der Waals surface area contributed by atoms with Gasteiger partial charge in [0, 0.05) is 25.6 Å². The second-order valence-electron chi connectivity index (χ2n) is 7.49. The molecule has 2 aromatic carbocycles. The Morgan fingerprint density at radius 3 is 2.68 bits per heavy atom. The van der Waals surface area contributed by atoms with Crippen molar-refractivity contribution in [3.63, 3.8) is 0 Å². The summed E-state index contributed by atoms with van der Waals surface area (Å²) >= 11 is 6.25. The average Bonchev–Trinajstić information content (AvgIpc) is 3.04. The highest BCUT2D eigenvalue weighted by molar-refractivity contribution is 6.32. The maximum atomic E-state index is 11.5. The summed E-state index contributed by atoms with van der Waals surface area (Å²) in [6, 6.07) is 15.5. The molecule has 2 aliphatic rings. The molecule has 1 aliphatic heterocycles. The number of rotatable bonds is 3. The standard InChI is InChI=1S/C21H24ClNO2/c22-20-16(6-4-10-19(20)24)13-23-12-15-7-5-11-21(25,18(15)14-23)17-8-2-1-3-9-17/h1-4,6,8-10,15,18,24-25H,5,7,11-14H2/t15-,18+,21+/m0/s1. The smallest absolute Gasteiger partial charge is 0.134 e. The molecule has 4 heteroatoms. The number of hydrogen-bond donors (Lipinski definition) is 2. The van der Waals surface area contributed by atoms with E-state index in [9.17, 15) is 10.2 Å². The van der Waals surface area contributed by atoms with Gasteiger partial charge in [0.15, 0.2) is 0 Å². The van der Waals surface area contributed by atoms with Crippen LogP contribution < -0.4 is 0 Å². The summed E-state index contributed by atoms with van der Waals surface area (Å²) in [5.41, 5.74) is 1.26. The SMILES string of the molecule is Oc1cccc(CN2C[C@@H]3CCC[C@@](O)(c4ccccc4)[C@@H]3C2)c1Cl. The summed E-state index contributed by atoms with van der Waals surface area (Å²) < 4.78 is 0. The maximum Gasteiger partial charge on any atom is 0.134 e. The Kier molecular flexibility index (Phi) is 4.48. The number of hydrogen-bond acceptors (Lipinski definition) is 3. The van der Waals surface area contributed by atoms with Crippen LogP contribution in [0, 0.1) is 11.8 Å². The van der Waals surface area contributed by atoms with Gasteiger partial charge in [0.1, 0.15) is 5.75 Å². The van der Waals surface area contributed by atoms with Crippen molar-refractivity contribution in [1.82, 2.24) is 4.90 Å². The molecule has 3 atom stereocenters. The van der Waals surface area contributed by atoms with Crippen LogP contribution in [0.5, 0.6) is 5.75 Å². The Labute approximate surface area is 153 Å². The molecule has 2 N–H and O–H groups in total. The van der Waals surface area contributed by atoms with Gasteiger partial charge in [-0.2, -0.15) is 0 Å². The van der Waals surface area contributed by atoms with Crippen LogP contribution in [0.25, 0.3) is 0 Å². The van der Waals surface area contributed by atoms with E-state index in [2.05, 4.69) is 17.0 Å². The van der Waals surface area contributed by atoms with Gasteiger partial charge in [-0.3, -0.25) is 4.90 Å². The van der Waals surface area contributed by atoms with Gasteiger partial charge in [0.2, 0.25) is 0 Å². The van der Waals surface area contributed by atoms with Gasteiger partial charge in [-0.25, -0.2) is 0 Å². The Balaban J connectivity index is 1.56. The van der Waals surface area contributed by atoms with E-state index in [-0.39, 0.29) is 11.7 Å². The first-order chi connectivity index (χ1) is 12.1. The number of aromatic hydroxyl groups is 1. The molecule has 4 rings (SSSR count). The van der Waals surface area contributed by atoms with Crippen molar-refractivity contribution >= 4 is 11.6 Å². The van der Waals surface area contributed by atoms with E-state index in [4.69, 9.17) is 11.6 Å². The van der Waals surface area contributed by atoms with E-state index < -0.39 is 5.60 Å². The molecule has 0 unspecified atom stereocenters. The minimum Gasteiger partial charge on any atom is -0.506 e. The third-order valence-electron chi connectivity index (χ3n) is 5.99. The van der Waals surface area contributed by atoms with Crippen molar-refractivity contribution in [1.29, 1.82) is 0 Å². The average molecular weight is 358 g/mol.